The summed E-state index contributed by atoms with van der Waals surface area (Å²) >= 11 is 0. The molecule has 0 spiro atoms. The normalized spacial score (nSPS) is 30.8. The average molecular weight is 286 g/mol. The molecular weight excluding hydrogens is 255 g/mol. The molecule has 3 nitrogen and oxygen atoms in total. The first-order valence-electron chi connectivity index (χ1n) is 7.25. The molecule has 0 radical (unpaired) electrons. The van der Waals surface area contributed by atoms with Crippen molar-refractivity contribution in [1.82, 2.24) is 10.2 Å². The molecule has 1 N–H and O–H groups in total. The second-order valence-electron chi connectivity index (χ2n) is 7.56. The lowest BCUT2D eigenvalue weighted by atomic mass is 9.78. The van der Waals surface area contributed by atoms with Gasteiger partial charge in [0.1, 0.15) is 0 Å². The van der Waals surface area contributed by atoms with E-state index in [1.54, 1.807) is 6.92 Å². The number of carbonyl (C=O) groups is 1. The highest BCUT2D eigenvalue weighted by atomic mass is 31.1. The van der Waals surface area contributed by atoms with Gasteiger partial charge in [-0.2, -0.15) is 0 Å². The Kier molecular flexibility index (Phi) is 4.75. The van der Waals surface area contributed by atoms with E-state index in [-0.39, 0.29) is 27.9 Å². The van der Waals surface area contributed by atoms with Crippen molar-refractivity contribution in [2.75, 3.05) is 6.54 Å². The minimum atomic E-state index is 0.0872. The van der Waals surface area contributed by atoms with Gasteiger partial charge >= 0.3 is 0 Å². The van der Waals surface area contributed by atoms with Gasteiger partial charge in [-0.15, -0.1) is 0 Å². The molecule has 4 heteroatoms. The summed E-state index contributed by atoms with van der Waals surface area (Å²) in [5, 5.41) is 3.32. The highest BCUT2D eigenvalue weighted by Gasteiger charge is 2.48. The number of hydrogen-bond acceptors (Lipinski definition) is 2. The van der Waals surface area contributed by atoms with Crippen LogP contribution in [0, 0.1) is 5.41 Å². The maximum Gasteiger partial charge on any atom is 0.217 e. The summed E-state index contributed by atoms with van der Waals surface area (Å²) in [5.74, 6) is 0.347. The van der Waals surface area contributed by atoms with E-state index < -0.39 is 0 Å². The van der Waals surface area contributed by atoms with Crippen LogP contribution in [-0.4, -0.2) is 34.0 Å². The number of hydrogen-bond donors (Lipinski definition) is 1. The number of nitrogens with zero attached hydrogens (tertiary/aromatic N) is 1. The van der Waals surface area contributed by atoms with Crippen LogP contribution < -0.4 is 5.32 Å². The van der Waals surface area contributed by atoms with Gasteiger partial charge in [-0.25, -0.2) is 0 Å². The van der Waals surface area contributed by atoms with E-state index in [0.29, 0.717) is 8.58 Å². The molecule has 112 valence electrons. The Labute approximate surface area is 120 Å². The average Bonchev–Trinajstić information content (AvgIpc) is 2.16. The monoisotopic (exact) mass is 286 g/mol. The minimum absolute atomic E-state index is 0.0872. The van der Waals surface area contributed by atoms with Crippen LogP contribution in [0.1, 0.15) is 61.8 Å². The minimum Gasteiger partial charge on any atom is -0.349 e. The molecule has 2 atom stereocenters. The maximum atomic E-state index is 11.5. The van der Waals surface area contributed by atoms with E-state index in [1.165, 1.54) is 0 Å². The van der Waals surface area contributed by atoms with Crippen molar-refractivity contribution in [3.8, 4) is 0 Å². The van der Waals surface area contributed by atoms with Gasteiger partial charge in [0.2, 0.25) is 5.91 Å². The predicted molar refractivity (Wildman–Crippen MR) is 84.9 cm³/mol. The van der Waals surface area contributed by atoms with Crippen LogP contribution >= 0.6 is 8.58 Å². The third-order valence-electron chi connectivity index (χ3n) is 4.24. The van der Waals surface area contributed by atoms with E-state index in [4.69, 9.17) is 0 Å². The van der Waals surface area contributed by atoms with E-state index in [1.807, 2.05) is 0 Å². The zero-order chi connectivity index (χ0) is 15.1. The second kappa shape index (κ2) is 5.33. The van der Waals surface area contributed by atoms with Crippen LogP contribution in [0.4, 0.5) is 0 Å². The Morgan fingerprint density at radius 3 is 2.21 bits per heavy atom. The van der Waals surface area contributed by atoms with Crippen molar-refractivity contribution >= 4 is 14.5 Å². The largest absolute Gasteiger partial charge is 0.349 e. The third-order valence-corrected chi connectivity index (χ3v) is 6.43. The van der Waals surface area contributed by atoms with Crippen molar-refractivity contribution in [3.63, 3.8) is 0 Å². The Bertz CT molecular complexity index is 350. The molecule has 0 aliphatic carbocycles. The van der Waals surface area contributed by atoms with E-state index in [2.05, 4.69) is 58.7 Å². The SMILES string of the molecule is CCN1C(C)(C)CC(C)(C)C(NC(C)=O)PC1(C)C. The highest BCUT2D eigenvalue weighted by Crippen LogP contribution is 2.53. The Morgan fingerprint density at radius 1 is 1.26 bits per heavy atom. The third kappa shape index (κ3) is 3.70. The summed E-state index contributed by atoms with van der Waals surface area (Å²) in [4.78, 5) is 14.1. The number of nitrogens with one attached hydrogen (secondary N) is 1. The number of rotatable bonds is 2. The standard InChI is InChI=1S/C15H31N2OP/c1-9-17-14(5,6)10-13(3,4)12(16-11(2)18)19-15(17,7)8/h12,19H,9-10H2,1-8H3,(H,16,18). The second-order valence-corrected chi connectivity index (χ2v) is 9.65. The van der Waals surface area contributed by atoms with Gasteiger partial charge in [-0.05, 0) is 46.1 Å². The van der Waals surface area contributed by atoms with Gasteiger partial charge < -0.3 is 5.32 Å². The molecule has 1 amide bonds. The predicted octanol–water partition coefficient (Wildman–Crippen LogP) is 3.39. The quantitative estimate of drug-likeness (QED) is 0.789. The van der Waals surface area contributed by atoms with Gasteiger partial charge in [0.25, 0.3) is 0 Å². The first-order valence-corrected chi connectivity index (χ1v) is 8.33. The molecule has 0 saturated carbocycles. The van der Waals surface area contributed by atoms with Gasteiger partial charge in [0.15, 0.2) is 0 Å². The molecule has 1 heterocycles. The molecule has 0 aromatic rings. The molecule has 1 fully saturated rings. The van der Waals surface area contributed by atoms with Crippen molar-refractivity contribution in [3.05, 3.63) is 0 Å². The Hall–Kier alpha value is -0.140. The molecule has 1 aliphatic rings. The lowest BCUT2D eigenvalue weighted by molar-refractivity contribution is -0.119. The fourth-order valence-corrected chi connectivity index (χ4v) is 6.04. The number of amides is 1. The summed E-state index contributed by atoms with van der Waals surface area (Å²) in [7, 11) is 0.705. The summed E-state index contributed by atoms with van der Waals surface area (Å²) in [6, 6.07) is 0. The molecule has 19 heavy (non-hydrogen) atoms. The number of carbonyl (C=O) groups excluding carboxylic acids is 1. The maximum absolute atomic E-state index is 11.5. The smallest absolute Gasteiger partial charge is 0.217 e. The Balaban J connectivity index is 3.17. The lowest BCUT2D eigenvalue weighted by Gasteiger charge is -2.47. The molecular formula is C15H31N2OP. The van der Waals surface area contributed by atoms with Gasteiger partial charge in [-0.3, -0.25) is 9.69 Å². The molecule has 0 aromatic heterocycles. The highest BCUT2D eigenvalue weighted by molar-refractivity contribution is 7.40. The van der Waals surface area contributed by atoms with Crippen LogP contribution in [0.2, 0.25) is 0 Å². The van der Waals surface area contributed by atoms with E-state index in [0.717, 1.165) is 13.0 Å². The van der Waals surface area contributed by atoms with Crippen LogP contribution in [0.3, 0.4) is 0 Å². The summed E-state index contributed by atoms with van der Waals surface area (Å²) in [6.45, 7) is 18.8. The van der Waals surface area contributed by atoms with Crippen LogP contribution in [0.25, 0.3) is 0 Å². The van der Waals surface area contributed by atoms with Crippen LogP contribution in [0.15, 0.2) is 0 Å². The first kappa shape index (κ1) is 16.9. The molecule has 0 aromatic carbocycles. The van der Waals surface area contributed by atoms with Gasteiger partial charge in [0.05, 0.1) is 5.78 Å². The first-order chi connectivity index (χ1) is 8.42. The van der Waals surface area contributed by atoms with Crippen LogP contribution in [-0.2, 0) is 4.79 Å². The van der Waals surface area contributed by atoms with Crippen molar-refractivity contribution in [2.45, 2.75) is 78.4 Å². The van der Waals surface area contributed by atoms with Crippen molar-refractivity contribution in [2.24, 2.45) is 5.41 Å². The van der Waals surface area contributed by atoms with Gasteiger partial charge in [-0.1, -0.05) is 29.4 Å². The lowest BCUT2D eigenvalue weighted by Crippen LogP contribution is -2.52. The fourth-order valence-electron chi connectivity index (χ4n) is 3.95. The summed E-state index contributed by atoms with van der Waals surface area (Å²) < 4.78 is 0. The molecule has 2 unspecified atom stereocenters. The molecule has 0 bridgehead atoms. The summed E-state index contributed by atoms with van der Waals surface area (Å²) in [6.07, 6.45) is 1.09. The zero-order valence-electron chi connectivity index (χ0n) is 13.8. The van der Waals surface area contributed by atoms with Crippen molar-refractivity contribution < 1.29 is 4.79 Å². The fraction of sp³-hybridized carbons (Fsp3) is 0.933. The molecule has 1 saturated heterocycles. The molecule has 1 rings (SSSR count). The summed E-state index contributed by atoms with van der Waals surface area (Å²) in [5.41, 5.74) is 0.275. The van der Waals surface area contributed by atoms with E-state index in [9.17, 15) is 4.79 Å². The van der Waals surface area contributed by atoms with Crippen LogP contribution in [0.5, 0.6) is 0 Å². The topological polar surface area (TPSA) is 32.3 Å². The van der Waals surface area contributed by atoms with Gasteiger partial charge in [0, 0.05) is 17.7 Å². The molecule has 1 aliphatic heterocycles. The van der Waals surface area contributed by atoms with Crippen molar-refractivity contribution in [1.29, 1.82) is 0 Å². The Morgan fingerprint density at radius 2 is 1.79 bits per heavy atom. The zero-order valence-corrected chi connectivity index (χ0v) is 14.8. The van der Waals surface area contributed by atoms with E-state index >= 15 is 0 Å².